The summed E-state index contributed by atoms with van der Waals surface area (Å²) in [5.41, 5.74) is 2.03. The van der Waals surface area contributed by atoms with Crippen molar-refractivity contribution in [2.75, 3.05) is 11.1 Å². The molecule has 26 heavy (non-hydrogen) atoms. The number of aromatic nitrogens is 3. The standard InChI is InChI=1S/C18H17BrN4O2S/c1-3-8-23-15(13-4-6-14(19)7-5-13)10-20-18(23)26-11-17(24)21-16-9-12(2)25-22-16/h3-7,9-10H,1,8,11H2,2H3,(H,21,22,24). The molecule has 0 unspecified atom stereocenters. The Morgan fingerprint density at radius 1 is 1.42 bits per heavy atom. The number of allylic oxidation sites excluding steroid dienone is 1. The van der Waals surface area contributed by atoms with Gasteiger partial charge < -0.3 is 14.4 Å². The van der Waals surface area contributed by atoms with Gasteiger partial charge in [0.05, 0.1) is 17.6 Å². The molecular formula is C18H17BrN4O2S. The summed E-state index contributed by atoms with van der Waals surface area (Å²) in [4.78, 5) is 16.6. The van der Waals surface area contributed by atoms with Crippen molar-refractivity contribution >= 4 is 39.4 Å². The van der Waals surface area contributed by atoms with E-state index in [9.17, 15) is 4.79 Å². The van der Waals surface area contributed by atoms with Gasteiger partial charge in [-0.25, -0.2) is 4.98 Å². The van der Waals surface area contributed by atoms with Crippen molar-refractivity contribution < 1.29 is 9.32 Å². The lowest BCUT2D eigenvalue weighted by molar-refractivity contribution is -0.113. The van der Waals surface area contributed by atoms with Gasteiger partial charge in [0.1, 0.15) is 5.76 Å². The predicted octanol–water partition coefficient (Wildman–Crippen LogP) is 4.53. The van der Waals surface area contributed by atoms with E-state index in [0.717, 1.165) is 20.9 Å². The highest BCUT2D eigenvalue weighted by atomic mass is 79.9. The van der Waals surface area contributed by atoms with Crippen LogP contribution in [0, 0.1) is 6.92 Å². The Hall–Kier alpha value is -2.32. The third kappa shape index (κ3) is 4.44. The number of hydrogen-bond donors (Lipinski definition) is 1. The zero-order valence-corrected chi connectivity index (χ0v) is 16.5. The first-order valence-electron chi connectivity index (χ1n) is 7.85. The van der Waals surface area contributed by atoms with E-state index in [-0.39, 0.29) is 11.7 Å². The largest absolute Gasteiger partial charge is 0.360 e. The number of hydrogen-bond acceptors (Lipinski definition) is 5. The number of imidazole rings is 1. The lowest BCUT2D eigenvalue weighted by Gasteiger charge is -2.09. The topological polar surface area (TPSA) is 73.0 Å². The average Bonchev–Trinajstić information content (AvgIpc) is 3.20. The molecule has 0 spiro atoms. The zero-order valence-electron chi connectivity index (χ0n) is 14.1. The van der Waals surface area contributed by atoms with E-state index in [0.29, 0.717) is 18.1 Å². The molecule has 6 nitrogen and oxygen atoms in total. The summed E-state index contributed by atoms with van der Waals surface area (Å²) in [5.74, 6) is 1.12. The molecule has 1 amide bonds. The monoisotopic (exact) mass is 432 g/mol. The van der Waals surface area contributed by atoms with Gasteiger partial charge in [-0.3, -0.25) is 4.79 Å². The Bertz CT molecular complexity index is 918. The Labute approximate surface area is 163 Å². The molecule has 0 aliphatic heterocycles. The maximum Gasteiger partial charge on any atom is 0.236 e. The van der Waals surface area contributed by atoms with E-state index >= 15 is 0 Å². The summed E-state index contributed by atoms with van der Waals surface area (Å²) >= 11 is 4.81. The second-order valence-electron chi connectivity index (χ2n) is 5.49. The molecule has 0 atom stereocenters. The van der Waals surface area contributed by atoms with Crippen molar-refractivity contribution in [2.24, 2.45) is 0 Å². The fraction of sp³-hybridized carbons (Fsp3) is 0.167. The number of amides is 1. The van der Waals surface area contributed by atoms with E-state index in [1.54, 1.807) is 13.0 Å². The third-order valence-corrected chi connectivity index (χ3v) is 5.02. The molecule has 2 aromatic heterocycles. The number of thioether (sulfide) groups is 1. The predicted molar refractivity (Wildman–Crippen MR) is 106 cm³/mol. The van der Waals surface area contributed by atoms with Crippen LogP contribution in [0.2, 0.25) is 0 Å². The molecule has 0 aliphatic carbocycles. The molecule has 1 N–H and O–H groups in total. The summed E-state index contributed by atoms with van der Waals surface area (Å²) in [6.07, 6.45) is 3.63. The van der Waals surface area contributed by atoms with Gasteiger partial charge in [-0.15, -0.1) is 6.58 Å². The van der Waals surface area contributed by atoms with Crippen molar-refractivity contribution in [3.05, 3.63) is 59.4 Å². The van der Waals surface area contributed by atoms with E-state index in [4.69, 9.17) is 4.52 Å². The Morgan fingerprint density at radius 3 is 2.85 bits per heavy atom. The van der Waals surface area contributed by atoms with E-state index in [1.165, 1.54) is 11.8 Å². The number of nitrogens with zero attached hydrogens (tertiary/aromatic N) is 3. The van der Waals surface area contributed by atoms with Gasteiger partial charge >= 0.3 is 0 Å². The Morgan fingerprint density at radius 2 is 2.19 bits per heavy atom. The maximum atomic E-state index is 12.1. The minimum absolute atomic E-state index is 0.165. The van der Waals surface area contributed by atoms with Gasteiger partial charge in [-0.1, -0.05) is 51.1 Å². The lowest BCUT2D eigenvalue weighted by Crippen LogP contribution is -2.14. The lowest BCUT2D eigenvalue weighted by atomic mass is 10.2. The first-order chi connectivity index (χ1) is 12.6. The average molecular weight is 433 g/mol. The summed E-state index contributed by atoms with van der Waals surface area (Å²) < 4.78 is 7.99. The van der Waals surface area contributed by atoms with Crippen LogP contribution in [0.4, 0.5) is 5.82 Å². The van der Waals surface area contributed by atoms with Crippen molar-refractivity contribution in [1.29, 1.82) is 0 Å². The quantitative estimate of drug-likeness (QED) is 0.438. The number of carbonyl (C=O) groups is 1. The fourth-order valence-corrected chi connectivity index (χ4v) is 3.42. The Balaban J connectivity index is 1.72. The van der Waals surface area contributed by atoms with Crippen LogP contribution in [0.1, 0.15) is 5.76 Å². The van der Waals surface area contributed by atoms with Gasteiger partial charge in [0.15, 0.2) is 11.0 Å². The maximum absolute atomic E-state index is 12.1. The van der Waals surface area contributed by atoms with E-state index in [1.807, 2.05) is 41.1 Å². The van der Waals surface area contributed by atoms with Crippen molar-refractivity contribution in [3.8, 4) is 11.3 Å². The summed E-state index contributed by atoms with van der Waals surface area (Å²) in [6.45, 7) is 6.20. The molecule has 0 saturated heterocycles. The molecule has 2 heterocycles. The van der Waals surface area contributed by atoms with Gasteiger partial charge in [-0.2, -0.15) is 0 Å². The summed E-state index contributed by atoms with van der Waals surface area (Å²) in [6, 6.07) is 9.69. The van der Waals surface area contributed by atoms with Crippen LogP contribution in [-0.4, -0.2) is 26.4 Å². The minimum Gasteiger partial charge on any atom is -0.360 e. The van der Waals surface area contributed by atoms with Gasteiger partial charge in [0, 0.05) is 17.1 Å². The fourth-order valence-electron chi connectivity index (χ4n) is 2.36. The van der Waals surface area contributed by atoms with E-state index in [2.05, 4.69) is 38.0 Å². The van der Waals surface area contributed by atoms with E-state index < -0.39 is 0 Å². The number of carbonyl (C=O) groups excluding carboxylic acids is 1. The highest BCUT2D eigenvalue weighted by Gasteiger charge is 2.14. The number of anilines is 1. The number of aryl methyl sites for hydroxylation is 1. The number of halogens is 1. The molecular weight excluding hydrogens is 416 g/mol. The van der Waals surface area contributed by atoms with Crippen molar-refractivity contribution in [3.63, 3.8) is 0 Å². The molecule has 8 heteroatoms. The zero-order chi connectivity index (χ0) is 18.5. The Kier molecular flexibility index (Phi) is 5.95. The summed E-state index contributed by atoms with van der Waals surface area (Å²) in [7, 11) is 0. The van der Waals surface area contributed by atoms with Gasteiger partial charge in [-0.05, 0) is 24.6 Å². The number of nitrogens with one attached hydrogen (secondary N) is 1. The summed E-state index contributed by atoms with van der Waals surface area (Å²) in [5, 5.41) is 7.22. The van der Waals surface area contributed by atoms with Gasteiger partial charge in [0.2, 0.25) is 5.91 Å². The molecule has 3 aromatic rings. The van der Waals surface area contributed by atoms with Crippen molar-refractivity contribution in [2.45, 2.75) is 18.6 Å². The first-order valence-corrected chi connectivity index (χ1v) is 9.63. The molecule has 0 radical (unpaired) electrons. The highest BCUT2D eigenvalue weighted by molar-refractivity contribution is 9.10. The second kappa shape index (κ2) is 8.37. The molecule has 1 aromatic carbocycles. The molecule has 0 fully saturated rings. The van der Waals surface area contributed by atoms with Gasteiger partial charge in [0.25, 0.3) is 0 Å². The van der Waals surface area contributed by atoms with Crippen LogP contribution in [0.25, 0.3) is 11.3 Å². The third-order valence-electron chi connectivity index (χ3n) is 3.50. The second-order valence-corrected chi connectivity index (χ2v) is 7.35. The first kappa shape index (κ1) is 18.5. The molecule has 0 bridgehead atoms. The molecule has 3 rings (SSSR count). The van der Waals surface area contributed by atoms with Crippen LogP contribution in [0.5, 0.6) is 0 Å². The normalized spacial score (nSPS) is 10.7. The SMILES string of the molecule is C=CCn1c(-c2ccc(Br)cc2)cnc1SCC(=O)Nc1cc(C)on1. The molecule has 0 aliphatic rings. The number of rotatable bonds is 7. The molecule has 134 valence electrons. The van der Waals surface area contributed by atoms with Crippen LogP contribution in [0.3, 0.4) is 0 Å². The van der Waals surface area contributed by atoms with Crippen LogP contribution >= 0.6 is 27.7 Å². The number of benzene rings is 1. The highest BCUT2D eigenvalue weighted by Crippen LogP contribution is 2.27. The van der Waals surface area contributed by atoms with Crippen molar-refractivity contribution in [1.82, 2.24) is 14.7 Å². The van der Waals surface area contributed by atoms with Crippen LogP contribution < -0.4 is 5.32 Å². The molecule has 0 saturated carbocycles. The van der Waals surface area contributed by atoms with Crippen LogP contribution in [0.15, 0.2) is 63.3 Å². The smallest absolute Gasteiger partial charge is 0.236 e. The minimum atomic E-state index is -0.165. The van der Waals surface area contributed by atoms with Crippen LogP contribution in [-0.2, 0) is 11.3 Å².